The van der Waals surface area contributed by atoms with Crippen molar-refractivity contribution >= 4 is 41.8 Å². The van der Waals surface area contributed by atoms with Crippen LogP contribution in [0, 0.1) is 23.1 Å². The van der Waals surface area contributed by atoms with E-state index in [1.54, 1.807) is 146 Å². The van der Waals surface area contributed by atoms with Crippen LogP contribution >= 0.6 is 0 Å². The summed E-state index contributed by atoms with van der Waals surface area (Å²) < 4.78 is 88.3. The summed E-state index contributed by atoms with van der Waals surface area (Å²) in [4.78, 5) is 103. The molecule has 3 aliphatic carbocycles. The Bertz CT molecular complexity index is 4100. The van der Waals surface area contributed by atoms with Crippen molar-refractivity contribution in [1.29, 1.82) is 0 Å². The number of halogens is 1. The molecule has 0 aromatic heterocycles. The first kappa shape index (κ1) is 66.4. The van der Waals surface area contributed by atoms with E-state index in [9.17, 15) is 33.2 Å². The molecule has 0 bridgehead atoms. The number of benzene rings is 8. The summed E-state index contributed by atoms with van der Waals surface area (Å²) in [6.45, 7) is 0.779. The summed E-state index contributed by atoms with van der Waals surface area (Å²) in [5, 5.41) is 0. The largest absolute Gasteiger partial charge is 0.459 e. The number of hydrogen-bond acceptors (Lipinski definition) is 18. The van der Waals surface area contributed by atoms with Gasteiger partial charge in [-0.05, 0) is 170 Å². The summed E-state index contributed by atoms with van der Waals surface area (Å²) >= 11 is 0. The molecule has 0 spiro atoms. The SMILES string of the molecule is C[C@]12CC[C@@H]3c4ccc(F)cc4CC[C@H]3[C@@H]1CC[C@@H]2OC1OC(COC(=O)c2ccccc2)C(OC(=O)c2ccccc2)C(OC2OC(COC(=O)c3ccccc3)C(OC(=O)c3ccccc3)C(OC(=O)c3ccccc3)C2OC(=O)c2ccccc2)C1OC(=O)c1ccccc1. The molecule has 98 heavy (non-hydrogen) atoms. The molecule has 8 aromatic rings. The van der Waals surface area contributed by atoms with Crippen LogP contribution in [0.5, 0.6) is 0 Å². The zero-order valence-corrected chi connectivity index (χ0v) is 53.4. The highest BCUT2D eigenvalue weighted by Gasteiger charge is 2.61. The van der Waals surface area contributed by atoms with Crippen molar-refractivity contribution in [1.82, 2.24) is 0 Å². The van der Waals surface area contributed by atoms with Crippen molar-refractivity contribution in [2.45, 2.75) is 119 Å². The summed E-state index contributed by atoms with van der Waals surface area (Å²) in [6, 6.07) is 60.7. The Labute approximate surface area is 565 Å². The molecule has 10 unspecified atom stereocenters. The fourth-order valence-corrected chi connectivity index (χ4v) is 14.6. The maximum absolute atomic E-state index is 15.1. The normalized spacial score (nSPS) is 26.8. The van der Waals surface area contributed by atoms with E-state index in [-0.39, 0.29) is 62.5 Å². The van der Waals surface area contributed by atoms with Crippen LogP contribution in [0.4, 0.5) is 4.39 Å². The van der Waals surface area contributed by atoms with Gasteiger partial charge in [0.1, 0.15) is 37.3 Å². The van der Waals surface area contributed by atoms with E-state index in [4.69, 9.17) is 52.1 Å². The van der Waals surface area contributed by atoms with Gasteiger partial charge in [0.15, 0.2) is 43.1 Å². The first-order valence-corrected chi connectivity index (χ1v) is 32.9. The number of fused-ring (bicyclic) bond motifs is 5. The minimum atomic E-state index is -2.10. The van der Waals surface area contributed by atoms with E-state index >= 15 is 4.79 Å². The second kappa shape index (κ2) is 30.1. The quantitative estimate of drug-likeness (QED) is 0.0511. The van der Waals surface area contributed by atoms with E-state index in [0.717, 1.165) is 30.4 Å². The lowest BCUT2D eigenvalue weighted by Gasteiger charge is -2.52. The Morgan fingerprint density at radius 2 is 0.755 bits per heavy atom. The predicted octanol–water partition coefficient (Wildman–Crippen LogP) is 12.7. The topological polar surface area (TPSA) is 221 Å². The molecule has 0 N–H and O–H groups in total. The lowest BCUT2D eigenvalue weighted by atomic mass is 9.55. The molecule has 15 atom stereocenters. The number of aryl methyl sites for hydroxylation is 1. The highest BCUT2D eigenvalue weighted by atomic mass is 19.1. The highest BCUT2D eigenvalue weighted by Crippen LogP contribution is 2.62. The molecular formula is C79H71FO18. The zero-order chi connectivity index (χ0) is 67.7. The minimum absolute atomic E-state index is 0.00372. The zero-order valence-electron chi connectivity index (χ0n) is 53.4. The number of carbonyl (C=O) groups excluding carboxylic acids is 7. The molecule has 2 aliphatic heterocycles. The number of esters is 7. The van der Waals surface area contributed by atoms with E-state index < -0.39 is 128 Å². The number of hydrogen-bond donors (Lipinski definition) is 0. The minimum Gasteiger partial charge on any atom is -0.459 e. The van der Waals surface area contributed by atoms with Crippen LogP contribution in [0.25, 0.3) is 0 Å². The maximum Gasteiger partial charge on any atom is 0.338 e. The molecule has 2 saturated heterocycles. The average molecular weight is 1330 g/mol. The Morgan fingerprint density at radius 1 is 0.398 bits per heavy atom. The molecule has 2 heterocycles. The van der Waals surface area contributed by atoms with Gasteiger partial charge in [0.2, 0.25) is 0 Å². The molecule has 0 amide bonds. The van der Waals surface area contributed by atoms with Gasteiger partial charge in [-0.25, -0.2) is 38.0 Å². The monoisotopic (exact) mass is 1330 g/mol. The number of ether oxygens (including phenoxy) is 11. The van der Waals surface area contributed by atoms with E-state index in [0.29, 0.717) is 19.3 Å². The second-order valence-corrected chi connectivity index (χ2v) is 25.3. The third-order valence-electron chi connectivity index (χ3n) is 19.4. The fourth-order valence-electron chi connectivity index (χ4n) is 14.6. The van der Waals surface area contributed by atoms with Gasteiger partial charge in [-0.2, -0.15) is 0 Å². The van der Waals surface area contributed by atoms with Crippen molar-refractivity contribution in [2.24, 2.45) is 17.3 Å². The molecular weight excluding hydrogens is 1260 g/mol. The van der Waals surface area contributed by atoms with Crippen LogP contribution in [0.2, 0.25) is 0 Å². The molecule has 8 aromatic carbocycles. The van der Waals surface area contributed by atoms with Crippen molar-refractivity contribution in [3.05, 3.63) is 286 Å². The van der Waals surface area contributed by atoms with Gasteiger partial charge in [-0.1, -0.05) is 140 Å². The van der Waals surface area contributed by atoms with E-state index in [1.807, 2.05) is 6.07 Å². The van der Waals surface area contributed by atoms with Gasteiger partial charge in [0.05, 0.1) is 45.0 Å². The average Bonchev–Trinajstić information content (AvgIpc) is 1.47. The first-order valence-electron chi connectivity index (χ1n) is 32.9. The van der Waals surface area contributed by atoms with E-state index in [2.05, 4.69) is 6.92 Å². The fraction of sp³-hybridized carbons (Fsp3) is 0.304. The summed E-state index contributed by atoms with van der Waals surface area (Å²) in [5.41, 5.74) is 2.12. The molecule has 5 aliphatic rings. The van der Waals surface area contributed by atoms with Gasteiger partial charge >= 0.3 is 41.8 Å². The first-order chi connectivity index (χ1) is 47.8. The Kier molecular flexibility index (Phi) is 20.4. The second-order valence-electron chi connectivity index (χ2n) is 25.3. The van der Waals surface area contributed by atoms with Crippen molar-refractivity contribution in [3.8, 4) is 0 Å². The molecule has 2 saturated carbocycles. The van der Waals surface area contributed by atoms with Crippen molar-refractivity contribution < 1.29 is 90.1 Å². The van der Waals surface area contributed by atoms with Crippen LogP contribution in [0.15, 0.2) is 231 Å². The third kappa shape index (κ3) is 14.7. The van der Waals surface area contributed by atoms with Crippen molar-refractivity contribution in [3.63, 3.8) is 0 Å². The standard InChI is InChI=1S/C79H71FO18/c1-79-44-43-58-57-40-38-56(80)45-55(57)37-39-59(58)60(79)41-42-63(79)92-77-69(97-76(87)54-35-21-8-22-36-54)67(65(94-73(84)51-29-15-5-16-30-51)62(90-77)47-89-71(82)49-25-11-3-12-26-49)98-78-68(96-75(86)53-33-19-7-20-34-53)66(95-74(85)52-31-17-6-18-32-52)64(93-72(83)50-27-13-4-14-28-50)61(91-78)46-88-70(81)48-23-9-2-10-24-48/h2-36,38,40,45,58-69,77-78H,37,39,41-44,46-47H2,1H3/t58-,59-,60+,61?,62?,63+,64?,65?,66?,67?,68?,69?,77?,78?,79+/m1/s1. The molecule has 19 heteroatoms. The van der Waals surface area contributed by atoms with Crippen LogP contribution < -0.4 is 0 Å². The highest BCUT2D eigenvalue weighted by molar-refractivity contribution is 5.93. The van der Waals surface area contributed by atoms with Crippen LogP contribution in [0.3, 0.4) is 0 Å². The molecule has 0 radical (unpaired) electrons. The van der Waals surface area contributed by atoms with Crippen LogP contribution in [0.1, 0.15) is 129 Å². The van der Waals surface area contributed by atoms with Gasteiger partial charge in [-0.15, -0.1) is 0 Å². The van der Waals surface area contributed by atoms with Crippen LogP contribution in [-0.2, 0) is 58.5 Å². The van der Waals surface area contributed by atoms with Gasteiger partial charge in [-0.3, -0.25) is 0 Å². The summed E-state index contributed by atoms with van der Waals surface area (Å²) in [6.07, 6.45) is -14.7. The lowest BCUT2D eigenvalue weighted by molar-refractivity contribution is -0.363. The van der Waals surface area contributed by atoms with Gasteiger partial charge < -0.3 is 52.1 Å². The van der Waals surface area contributed by atoms with Crippen LogP contribution in [-0.4, -0.2) is 123 Å². The van der Waals surface area contributed by atoms with Gasteiger partial charge in [0, 0.05) is 0 Å². The smallest absolute Gasteiger partial charge is 0.338 e. The predicted molar refractivity (Wildman–Crippen MR) is 350 cm³/mol. The Morgan fingerprint density at radius 3 is 1.17 bits per heavy atom. The van der Waals surface area contributed by atoms with Crippen molar-refractivity contribution in [2.75, 3.05) is 13.2 Å². The Balaban J connectivity index is 0.961. The number of rotatable bonds is 20. The maximum atomic E-state index is 15.1. The molecule has 18 nitrogen and oxygen atoms in total. The number of carbonyl (C=O) groups is 7. The molecule has 4 fully saturated rings. The summed E-state index contributed by atoms with van der Waals surface area (Å²) in [5.74, 6) is -6.23. The van der Waals surface area contributed by atoms with E-state index in [1.165, 1.54) is 78.9 Å². The Hall–Kier alpha value is -10.2. The third-order valence-corrected chi connectivity index (χ3v) is 19.4. The van der Waals surface area contributed by atoms with Gasteiger partial charge in [0.25, 0.3) is 0 Å². The lowest BCUT2D eigenvalue weighted by Crippen LogP contribution is -2.68. The molecule has 502 valence electrons. The molecule has 13 rings (SSSR count). The summed E-state index contributed by atoms with van der Waals surface area (Å²) in [7, 11) is 0.